The molecule has 46 valence electrons. The summed E-state index contributed by atoms with van der Waals surface area (Å²) < 4.78 is 11.6. The average molecular weight is 135 g/mol. The third-order valence-corrected chi connectivity index (χ3v) is 0.669. The Morgan fingerprint density at radius 2 is 1.88 bits per heavy atom. The molecule has 0 fully saturated rings. The maximum absolute atomic E-state index is 11.6. The zero-order valence-corrected chi connectivity index (χ0v) is 5.67. The summed E-state index contributed by atoms with van der Waals surface area (Å²) in [7, 11) is 0. The SMILES string of the molecule is CC(C)=CC=C(F)Cl. The normalized spacial score (nSPS) is 11.2. The van der Waals surface area contributed by atoms with Crippen LogP contribution in [0.4, 0.5) is 4.39 Å². The molecule has 0 rings (SSSR count). The van der Waals surface area contributed by atoms with Gasteiger partial charge in [-0.3, -0.25) is 0 Å². The summed E-state index contributed by atoms with van der Waals surface area (Å²) in [5.74, 6) is 0. The molecule has 0 aromatic heterocycles. The van der Waals surface area contributed by atoms with Crippen LogP contribution in [0.5, 0.6) is 0 Å². The molecule has 0 saturated heterocycles. The van der Waals surface area contributed by atoms with E-state index in [4.69, 9.17) is 11.6 Å². The van der Waals surface area contributed by atoms with E-state index in [0.717, 1.165) is 5.57 Å². The third-order valence-electron chi connectivity index (χ3n) is 0.543. The number of hydrogen-bond acceptors (Lipinski definition) is 0. The highest BCUT2D eigenvalue weighted by atomic mass is 35.5. The molecular weight excluding hydrogens is 127 g/mol. The first-order valence-electron chi connectivity index (χ1n) is 2.29. The first-order valence-corrected chi connectivity index (χ1v) is 2.67. The highest BCUT2D eigenvalue weighted by Crippen LogP contribution is 2.02. The summed E-state index contributed by atoms with van der Waals surface area (Å²) in [6, 6.07) is 0. The van der Waals surface area contributed by atoms with Crippen LogP contribution < -0.4 is 0 Å². The van der Waals surface area contributed by atoms with Crippen LogP contribution in [0.3, 0.4) is 0 Å². The van der Waals surface area contributed by atoms with Crippen molar-refractivity contribution in [3.8, 4) is 0 Å². The first-order chi connectivity index (χ1) is 3.63. The maximum Gasteiger partial charge on any atom is 0.189 e. The van der Waals surface area contributed by atoms with Gasteiger partial charge in [0.25, 0.3) is 0 Å². The number of halogens is 2. The lowest BCUT2D eigenvalue weighted by Gasteiger charge is -1.80. The van der Waals surface area contributed by atoms with Crippen molar-refractivity contribution in [2.75, 3.05) is 0 Å². The lowest BCUT2D eigenvalue weighted by molar-refractivity contribution is 0.695. The van der Waals surface area contributed by atoms with Crippen LogP contribution >= 0.6 is 11.6 Å². The zero-order valence-electron chi connectivity index (χ0n) is 4.91. The van der Waals surface area contributed by atoms with Gasteiger partial charge in [-0.2, -0.15) is 4.39 Å². The van der Waals surface area contributed by atoms with Crippen molar-refractivity contribution in [2.45, 2.75) is 13.8 Å². The second-order valence-corrected chi connectivity index (χ2v) is 2.06. The van der Waals surface area contributed by atoms with Crippen LogP contribution in [0.15, 0.2) is 23.0 Å². The highest BCUT2D eigenvalue weighted by Gasteiger charge is 1.78. The molecule has 0 aliphatic carbocycles. The summed E-state index contributed by atoms with van der Waals surface area (Å²) >= 11 is 4.87. The van der Waals surface area contributed by atoms with Crippen molar-refractivity contribution in [3.63, 3.8) is 0 Å². The minimum absolute atomic E-state index is 0.675. The molecule has 2 heteroatoms. The van der Waals surface area contributed by atoms with E-state index in [0.29, 0.717) is 0 Å². The van der Waals surface area contributed by atoms with Gasteiger partial charge in [0.05, 0.1) is 0 Å². The fourth-order valence-electron chi connectivity index (χ4n) is 0.230. The predicted molar refractivity (Wildman–Crippen MR) is 34.5 cm³/mol. The molecule has 0 radical (unpaired) electrons. The van der Waals surface area contributed by atoms with E-state index in [2.05, 4.69) is 0 Å². The molecule has 0 nitrogen and oxygen atoms in total. The van der Waals surface area contributed by atoms with Gasteiger partial charge in [0.2, 0.25) is 0 Å². The van der Waals surface area contributed by atoms with Crippen molar-refractivity contribution in [1.82, 2.24) is 0 Å². The van der Waals surface area contributed by atoms with Crippen molar-refractivity contribution in [1.29, 1.82) is 0 Å². The minimum Gasteiger partial charge on any atom is -0.194 e. The highest BCUT2D eigenvalue weighted by molar-refractivity contribution is 6.28. The van der Waals surface area contributed by atoms with Gasteiger partial charge >= 0.3 is 0 Å². The molecule has 0 atom stereocenters. The summed E-state index contributed by atoms with van der Waals surface area (Å²) in [5.41, 5.74) is 1.03. The smallest absolute Gasteiger partial charge is 0.189 e. The Labute approximate surface area is 53.7 Å². The van der Waals surface area contributed by atoms with Crippen LogP contribution in [0.25, 0.3) is 0 Å². The molecule has 0 aliphatic rings. The van der Waals surface area contributed by atoms with Gasteiger partial charge in [-0.05, 0) is 19.9 Å². The third kappa shape index (κ3) is 5.70. The van der Waals surface area contributed by atoms with E-state index in [1.165, 1.54) is 6.08 Å². The molecule has 8 heavy (non-hydrogen) atoms. The topological polar surface area (TPSA) is 0 Å². The zero-order chi connectivity index (χ0) is 6.57. The molecule has 0 saturated carbocycles. The molecule has 0 heterocycles. The molecule has 0 aromatic carbocycles. The Kier molecular flexibility index (Phi) is 3.53. The standard InChI is InChI=1S/C6H8ClF/c1-5(2)3-4-6(7)8/h3-4H,1-2H3. The van der Waals surface area contributed by atoms with Gasteiger partial charge in [0.1, 0.15) is 0 Å². The second-order valence-electron chi connectivity index (χ2n) is 1.70. The molecule has 0 spiro atoms. The van der Waals surface area contributed by atoms with Crippen molar-refractivity contribution in [3.05, 3.63) is 23.0 Å². The van der Waals surface area contributed by atoms with Crippen LogP contribution in [0.1, 0.15) is 13.8 Å². The van der Waals surface area contributed by atoms with E-state index in [1.54, 1.807) is 6.08 Å². The average Bonchev–Trinajstić information content (AvgIpc) is 1.61. The fourth-order valence-corrected chi connectivity index (χ4v) is 0.293. The molecule has 0 unspecified atom stereocenters. The Balaban J connectivity index is 3.76. The van der Waals surface area contributed by atoms with Crippen molar-refractivity contribution < 1.29 is 4.39 Å². The van der Waals surface area contributed by atoms with Gasteiger partial charge in [0.15, 0.2) is 5.29 Å². The number of allylic oxidation sites excluding steroid dienone is 3. The summed E-state index contributed by atoms with van der Waals surface area (Å²) in [6.45, 7) is 3.74. The van der Waals surface area contributed by atoms with E-state index >= 15 is 0 Å². The Morgan fingerprint density at radius 3 is 2.00 bits per heavy atom. The van der Waals surface area contributed by atoms with Gasteiger partial charge in [-0.25, -0.2) is 0 Å². The van der Waals surface area contributed by atoms with Crippen molar-refractivity contribution >= 4 is 11.6 Å². The van der Waals surface area contributed by atoms with E-state index < -0.39 is 5.29 Å². The lowest BCUT2D eigenvalue weighted by Crippen LogP contribution is -1.59. The maximum atomic E-state index is 11.6. The minimum atomic E-state index is -0.675. The van der Waals surface area contributed by atoms with Crippen molar-refractivity contribution in [2.24, 2.45) is 0 Å². The Hall–Kier alpha value is -0.300. The molecule has 0 amide bonds. The molecule has 0 bridgehead atoms. The van der Waals surface area contributed by atoms with E-state index in [1.807, 2.05) is 13.8 Å². The Bertz CT molecular complexity index is 100. The number of hydrogen-bond donors (Lipinski definition) is 0. The second kappa shape index (κ2) is 3.67. The monoisotopic (exact) mass is 134 g/mol. The largest absolute Gasteiger partial charge is 0.194 e. The fraction of sp³-hybridized carbons (Fsp3) is 0.333. The molecule has 0 aromatic rings. The van der Waals surface area contributed by atoms with Crippen LogP contribution in [0, 0.1) is 0 Å². The quantitative estimate of drug-likeness (QED) is 0.484. The summed E-state index contributed by atoms with van der Waals surface area (Å²) in [4.78, 5) is 0. The van der Waals surface area contributed by atoms with Gasteiger partial charge in [0, 0.05) is 0 Å². The first kappa shape index (κ1) is 7.70. The van der Waals surface area contributed by atoms with Gasteiger partial charge in [-0.15, -0.1) is 0 Å². The summed E-state index contributed by atoms with van der Waals surface area (Å²) in [5, 5.41) is -0.675. The van der Waals surface area contributed by atoms with Crippen LogP contribution in [0.2, 0.25) is 0 Å². The molecule has 0 N–H and O–H groups in total. The van der Waals surface area contributed by atoms with E-state index in [-0.39, 0.29) is 0 Å². The van der Waals surface area contributed by atoms with E-state index in [9.17, 15) is 4.39 Å². The summed E-state index contributed by atoms with van der Waals surface area (Å²) in [6.07, 6.45) is 2.83. The van der Waals surface area contributed by atoms with Gasteiger partial charge in [-0.1, -0.05) is 23.3 Å². The van der Waals surface area contributed by atoms with Crippen LogP contribution in [-0.2, 0) is 0 Å². The predicted octanol–water partition coefficient (Wildman–Crippen LogP) is 3.00. The molecular formula is C6H8ClF. The lowest BCUT2D eigenvalue weighted by atomic mass is 10.3. The van der Waals surface area contributed by atoms with Crippen LogP contribution in [-0.4, -0.2) is 0 Å². The van der Waals surface area contributed by atoms with Gasteiger partial charge < -0.3 is 0 Å². The number of rotatable bonds is 1. The Morgan fingerprint density at radius 1 is 1.38 bits per heavy atom. The molecule has 0 aliphatic heterocycles.